The molecule has 0 radical (unpaired) electrons. The monoisotopic (exact) mass is 295 g/mol. The normalized spacial score (nSPS) is 28.0. The summed E-state index contributed by atoms with van der Waals surface area (Å²) >= 11 is 0. The summed E-state index contributed by atoms with van der Waals surface area (Å²) in [4.78, 5) is 0. The number of rotatable bonds is 7. The number of ether oxygens (including phenoxy) is 2. The van der Waals surface area contributed by atoms with Gasteiger partial charge >= 0.3 is 0 Å². The molecule has 3 unspecified atom stereocenters. The summed E-state index contributed by atoms with van der Waals surface area (Å²) in [6, 6.07) is 4.98. The van der Waals surface area contributed by atoms with Gasteiger partial charge in [0.1, 0.15) is 11.6 Å². The minimum Gasteiger partial charge on any atom is -0.492 e. The maximum absolute atomic E-state index is 13.4. The minimum absolute atomic E-state index is 0.105. The molecule has 1 aliphatic rings. The number of benzene rings is 1. The third-order valence-electron chi connectivity index (χ3n) is 4.68. The van der Waals surface area contributed by atoms with Gasteiger partial charge in [0.15, 0.2) is 0 Å². The van der Waals surface area contributed by atoms with Gasteiger partial charge in [-0.2, -0.15) is 0 Å². The molecule has 1 aromatic rings. The number of hydrogen-bond donors (Lipinski definition) is 1. The number of anilines is 1. The molecule has 3 nitrogen and oxygen atoms in total. The average Bonchev–Trinajstić information content (AvgIpc) is 2.47. The molecule has 0 amide bonds. The largest absolute Gasteiger partial charge is 0.492 e. The van der Waals surface area contributed by atoms with Crippen LogP contribution in [0.5, 0.6) is 5.75 Å². The van der Waals surface area contributed by atoms with Crippen LogP contribution in [0.2, 0.25) is 0 Å². The van der Waals surface area contributed by atoms with Crippen LogP contribution in [0.3, 0.4) is 0 Å². The summed E-state index contributed by atoms with van der Waals surface area (Å²) < 4.78 is 24.7. The molecule has 0 heterocycles. The third kappa shape index (κ3) is 3.15. The van der Waals surface area contributed by atoms with E-state index in [9.17, 15) is 4.39 Å². The molecule has 21 heavy (non-hydrogen) atoms. The summed E-state index contributed by atoms with van der Waals surface area (Å²) in [5.74, 6) is 0.305. The van der Waals surface area contributed by atoms with E-state index >= 15 is 0 Å². The highest BCUT2D eigenvalue weighted by atomic mass is 19.1. The van der Waals surface area contributed by atoms with Crippen molar-refractivity contribution >= 4 is 5.69 Å². The van der Waals surface area contributed by atoms with Crippen molar-refractivity contribution in [3.63, 3.8) is 0 Å². The summed E-state index contributed by atoms with van der Waals surface area (Å²) in [5.41, 5.74) is 0.964. The van der Waals surface area contributed by atoms with Crippen LogP contribution < -0.4 is 10.1 Å². The van der Waals surface area contributed by atoms with Crippen LogP contribution >= 0.6 is 0 Å². The maximum atomic E-state index is 13.4. The first-order chi connectivity index (χ1) is 10.0. The molecule has 1 aliphatic carbocycles. The Labute approximate surface area is 126 Å². The fraction of sp³-hybridized carbons (Fsp3) is 0.647. The van der Waals surface area contributed by atoms with Gasteiger partial charge < -0.3 is 14.8 Å². The van der Waals surface area contributed by atoms with Crippen molar-refractivity contribution in [3.05, 3.63) is 24.0 Å². The minimum atomic E-state index is -0.275. The smallest absolute Gasteiger partial charge is 0.145 e. The summed E-state index contributed by atoms with van der Waals surface area (Å²) in [6.45, 7) is 9.64. The summed E-state index contributed by atoms with van der Waals surface area (Å²) in [7, 11) is 0. The van der Waals surface area contributed by atoms with E-state index in [4.69, 9.17) is 9.47 Å². The Morgan fingerprint density at radius 2 is 2.05 bits per heavy atom. The van der Waals surface area contributed by atoms with E-state index in [0.717, 1.165) is 25.1 Å². The lowest BCUT2D eigenvalue weighted by Gasteiger charge is -2.54. The zero-order valence-electron chi connectivity index (χ0n) is 13.4. The lowest BCUT2D eigenvalue weighted by atomic mass is 9.61. The molecule has 0 aromatic heterocycles. The van der Waals surface area contributed by atoms with Crippen molar-refractivity contribution in [1.82, 2.24) is 0 Å². The molecule has 0 bridgehead atoms. The Bertz CT molecular complexity index is 480. The SMILES string of the molecule is CCOc1cc(F)ccc1NC1CC(OCC)C1(C)CC. The summed E-state index contributed by atoms with van der Waals surface area (Å²) in [5, 5.41) is 3.52. The van der Waals surface area contributed by atoms with Crippen LogP contribution in [-0.4, -0.2) is 25.4 Å². The number of nitrogens with one attached hydrogen (secondary N) is 1. The van der Waals surface area contributed by atoms with Gasteiger partial charge in [0.25, 0.3) is 0 Å². The molecule has 3 atom stereocenters. The predicted octanol–water partition coefficient (Wildman–Crippen LogP) is 4.23. The van der Waals surface area contributed by atoms with Gasteiger partial charge in [-0.1, -0.05) is 13.8 Å². The van der Waals surface area contributed by atoms with Gasteiger partial charge in [-0.05, 0) is 38.8 Å². The lowest BCUT2D eigenvalue weighted by molar-refractivity contribution is -0.109. The van der Waals surface area contributed by atoms with Gasteiger partial charge in [-0.15, -0.1) is 0 Å². The Balaban J connectivity index is 2.12. The van der Waals surface area contributed by atoms with Crippen molar-refractivity contribution < 1.29 is 13.9 Å². The molecule has 1 saturated carbocycles. The topological polar surface area (TPSA) is 30.5 Å². The zero-order chi connectivity index (χ0) is 15.5. The van der Waals surface area contributed by atoms with Crippen molar-refractivity contribution in [3.8, 4) is 5.75 Å². The van der Waals surface area contributed by atoms with Crippen LogP contribution in [0.4, 0.5) is 10.1 Å². The molecular formula is C17H26FNO2. The van der Waals surface area contributed by atoms with Gasteiger partial charge in [0, 0.05) is 24.1 Å². The first-order valence-corrected chi connectivity index (χ1v) is 7.85. The lowest BCUT2D eigenvalue weighted by Crippen LogP contribution is -2.59. The Morgan fingerprint density at radius 3 is 2.67 bits per heavy atom. The van der Waals surface area contributed by atoms with E-state index in [-0.39, 0.29) is 11.2 Å². The fourth-order valence-corrected chi connectivity index (χ4v) is 3.05. The van der Waals surface area contributed by atoms with E-state index < -0.39 is 0 Å². The Morgan fingerprint density at radius 1 is 1.29 bits per heavy atom. The molecule has 1 N–H and O–H groups in total. The van der Waals surface area contributed by atoms with Crippen molar-refractivity contribution in [2.24, 2.45) is 5.41 Å². The summed E-state index contributed by atoms with van der Waals surface area (Å²) in [6.07, 6.45) is 2.31. The average molecular weight is 295 g/mol. The van der Waals surface area contributed by atoms with E-state index in [1.165, 1.54) is 12.1 Å². The van der Waals surface area contributed by atoms with Crippen molar-refractivity contribution in [2.75, 3.05) is 18.5 Å². The molecule has 118 valence electrons. The highest BCUT2D eigenvalue weighted by Gasteiger charge is 2.51. The van der Waals surface area contributed by atoms with Gasteiger partial charge in [0.05, 0.1) is 18.4 Å². The Kier molecular flexibility index (Phi) is 5.09. The fourth-order valence-electron chi connectivity index (χ4n) is 3.05. The predicted molar refractivity (Wildman–Crippen MR) is 83.4 cm³/mol. The van der Waals surface area contributed by atoms with Crippen LogP contribution in [0, 0.1) is 11.2 Å². The van der Waals surface area contributed by atoms with E-state index in [1.54, 1.807) is 6.07 Å². The van der Waals surface area contributed by atoms with Gasteiger partial charge in [-0.3, -0.25) is 0 Å². The first kappa shape index (κ1) is 16.1. The van der Waals surface area contributed by atoms with E-state index in [0.29, 0.717) is 24.5 Å². The van der Waals surface area contributed by atoms with E-state index in [1.807, 2.05) is 13.8 Å². The first-order valence-electron chi connectivity index (χ1n) is 7.85. The van der Waals surface area contributed by atoms with Gasteiger partial charge in [0.2, 0.25) is 0 Å². The van der Waals surface area contributed by atoms with Crippen LogP contribution in [0.15, 0.2) is 18.2 Å². The molecule has 0 aliphatic heterocycles. The molecule has 2 rings (SSSR count). The second kappa shape index (κ2) is 6.65. The van der Waals surface area contributed by atoms with Crippen molar-refractivity contribution in [1.29, 1.82) is 0 Å². The molecule has 1 aromatic carbocycles. The van der Waals surface area contributed by atoms with Crippen LogP contribution in [0.1, 0.15) is 40.5 Å². The quantitative estimate of drug-likeness (QED) is 0.816. The highest BCUT2D eigenvalue weighted by molar-refractivity contribution is 5.57. The highest BCUT2D eigenvalue weighted by Crippen LogP contribution is 2.48. The van der Waals surface area contributed by atoms with Crippen molar-refractivity contribution in [2.45, 2.75) is 52.7 Å². The second-order valence-corrected chi connectivity index (χ2v) is 5.81. The zero-order valence-corrected chi connectivity index (χ0v) is 13.4. The number of hydrogen-bond acceptors (Lipinski definition) is 3. The molecule has 0 saturated heterocycles. The van der Waals surface area contributed by atoms with Crippen LogP contribution in [-0.2, 0) is 4.74 Å². The second-order valence-electron chi connectivity index (χ2n) is 5.81. The molecule has 4 heteroatoms. The molecular weight excluding hydrogens is 269 g/mol. The van der Waals surface area contributed by atoms with E-state index in [2.05, 4.69) is 19.2 Å². The molecule has 1 fully saturated rings. The maximum Gasteiger partial charge on any atom is 0.145 e. The van der Waals surface area contributed by atoms with Gasteiger partial charge in [-0.25, -0.2) is 4.39 Å². The van der Waals surface area contributed by atoms with Crippen LogP contribution in [0.25, 0.3) is 0 Å². The standard InChI is InChI=1S/C17H26FNO2/c1-5-17(4)15(11-16(17)21-7-3)19-13-9-8-12(18)10-14(13)20-6-2/h8-10,15-16,19H,5-7,11H2,1-4H3. The number of halogens is 1. The Hall–Kier alpha value is -1.29. The molecule has 0 spiro atoms. The third-order valence-corrected chi connectivity index (χ3v) is 4.68.